The van der Waals surface area contributed by atoms with E-state index in [1.54, 1.807) is 12.1 Å². The highest BCUT2D eigenvalue weighted by Gasteiger charge is 2.24. The average molecular weight is 283 g/mol. The molecule has 0 heterocycles. The first kappa shape index (κ1) is 15.5. The number of halogens is 1. The fourth-order valence-corrected chi connectivity index (χ4v) is 2.01. The maximum atomic E-state index is 12.3. The smallest absolute Gasteiger partial charge is 0.245 e. The van der Waals surface area contributed by atoms with E-state index in [-0.39, 0.29) is 12.5 Å². The summed E-state index contributed by atoms with van der Waals surface area (Å²) in [6, 6.07) is 9.08. The van der Waals surface area contributed by atoms with Gasteiger partial charge in [0.2, 0.25) is 11.8 Å². The lowest BCUT2D eigenvalue weighted by Crippen LogP contribution is -2.40. The molecular formula is C14H19ClN2O2. The van der Waals surface area contributed by atoms with Crippen molar-refractivity contribution in [1.82, 2.24) is 4.90 Å². The first-order chi connectivity index (χ1) is 9.06. The molecule has 1 aromatic rings. The van der Waals surface area contributed by atoms with Crippen LogP contribution in [0, 0.1) is 0 Å². The molecule has 5 heteroatoms. The molecule has 0 bridgehead atoms. The Labute approximate surface area is 118 Å². The number of unbranched alkanes of at least 4 members (excludes halogenated alkanes) is 1. The maximum absolute atomic E-state index is 12.3. The lowest BCUT2D eigenvalue weighted by atomic mass is 10.1. The van der Waals surface area contributed by atoms with Crippen molar-refractivity contribution in [3.05, 3.63) is 35.9 Å². The van der Waals surface area contributed by atoms with Crippen molar-refractivity contribution in [2.24, 2.45) is 5.73 Å². The summed E-state index contributed by atoms with van der Waals surface area (Å²) in [6.07, 6.45) is 1.75. The Kier molecular flexibility index (Phi) is 6.36. The maximum Gasteiger partial charge on any atom is 0.245 e. The third kappa shape index (κ3) is 4.91. The Morgan fingerprint density at radius 1 is 1.32 bits per heavy atom. The van der Waals surface area contributed by atoms with E-state index in [0.29, 0.717) is 6.54 Å². The average Bonchev–Trinajstić information content (AvgIpc) is 2.42. The molecule has 0 fully saturated rings. The molecule has 0 saturated carbocycles. The first-order valence-corrected chi connectivity index (χ1v) is 6.76. The van der Waals surface area contributed by atoms with Gasteiger partial charge in [-0.15, -0.1) is 11.6 Å². The summed E-state index contributed by atoms with van der Waals surface area (Å²) >= 11 is 6.17. The molecule has 0 spiro atoms. The molecule has 0 radical (unpaired) electrons. The molecule has 2 amide bonds. The minimum Gasteiger partial charge on any atom is -0.368 e. The van der Waals surface area contributed by atoms with Crippen molar-refractivity contribution in [3.63, 3.8) is 0 Å². The van der Waals surface area contributed by atoms with Crippen LogP contribution in [0.15, 0.2) is 30.3 Å². The zero-order chi connectivity index (χ0) is 14.3. The van der Waals surface area contributed by atoms with Gasteiger partial charge in [0.15, 0.2) is 0 Å². The lowest BCUT2D eigenvalue weighted by molar-refractivity contribution is -0.135. The van der Waals surface area contributed by atoms with Crippen LogP contribution in [0.2, 0.25) is 0 Å². The highest BCUT2D eigenvalue weighted by atomic mass is 35.5. The van der Waals surface area contributed by atoms with Gasteiger partial charge in [-0.3, -0.25) is 9.59 Å². The van der Waals surface area contributed by atoms with Crippen LogP contribution in [0.3, 0.4) is 0 Å². The normalized spacial score (nSPS) is 11.9. The summed E-state index contributed by atoms with van der Waals surface area (Å²) in [5.74, 6) is -0.804. The van der Waals surface area contributed by atoms with E-state index in [9.17, 15) is 9.59 Å². The van der Waals surface area contributed by atoms with Crippen molar-refractivity contribution >= 4 is 23.4 Å². The number of alkyl halides is 1. The first-order valence-electron chi connectivity index (χ1n) is 6.32. The third-order valence-corrected chi connectivity index (χ3v) is 3.19. The second-order valence-electron chi connectivity index (χ2n) is 4.35. The van der Waals surface area contributed by atoms with Crippen LogP contribution < -0.4 is 5.73 Å². The van der Waals surface area contributed by atoms with Crippen LogP contribution in [-0.4, -0.2) is 29.8 Å². The van der Waals surface area contributed by atoms with Crippen molar-refractivity contribution < 1.29 is 9.59 Å². The Morgan fingerprint density at radius 3 is 2.47 bits per heavy atom. The topological polar surface area (TPSA) is 63.4 Å². The highest BCUT2D eigenvalue weighted by Crippen LogP contribution is 2.22. The SMILES string of the molecule is CCCCN(CC(N)=O)C(=O)C(Cl)c1ccccc1. The predicted molar refractivity (Wildman–Crippen MR) is 75.7 cm³/mol. The summed E-state index contributed by atoms with van der Waals surface area (Å²) in [5.41, 5.74) is 5.89. The largest absolute Gasteiger partial charge is 0.368 e. The number of nitrogens with zero attached hydrogens (tertiary/aromatic N) is 1. The number of hydrogen-bond acceptors (Lipinski definition) is 2. The lowest BCUT2D eigenvalue weighted by Gasteiger charge is -2.23. The number of primary amides is 1. The van der Waals surface area contributed by atoms with Crippen LogP contribution in [0.5, 0.6) is 0 Å². The molecule has 1 aromatic carbocycles. The van der Waals surface area contributed by atoms with Gasteiger partial charge in [0.25, 0.3) is 0 Å². The van der Waals surface area contributed by atoms with Crippen LogP contribution in [0.25, 0.3) is 0 Å². The zero-order valence-corrected chi connectivity index (χ0v) is 11.8. The molecule has 19 heavy (non-hydrogen) atoms. The van der Waals surface area contributed by atoms with Gasteiger partial charge < -0.3 is 10.6 Å². The standard InChI is InChI=1S/C14H19ClN2O2/c1-2-3-9-17(10-12(16)18)14(19)13(15)11-7-5-4-6-8-11/h4-8,13H,2-3,9-10H2,1H3,(H2,16,18). The Balaban J connectivity index is 2.77. The van der Waals surface area contributed by atoms with Gasteiger partial charge in [-0.2, -0.15) is 0 Å². The van der Waals surface area contributed by atoms with Crippen molar-refractivity contribution in [1.29, 1.82) is 0 Å². The van der Waals surface area contributed by atoms with Gasteiger partial charge in [0, 0.05) is 6.54 Å². The predicted octanol–water partition coefficient (Wildman–Crippen LogP) is 2.08. The molecule has 0 aliphatic carbocycles. The van der Waals surface area contributed by atoms with Crippen LogP contribution in [-0.2, 0) is 9.59 Å². The van der Waals surface area contributed by atoms with E-state index in [2.05, 4.69) is 0 Å². The molecule has 0 aliphatic rings. The van der Waals surface area contributed by atoms with Gasteiger partial charge in [-0.25, -0.2) is 0 Å². The summed E-state index contributed by atoms with van der Waals surface area (Å²) < 4.78 is 0. The zero-order valence-electron chi connectivity index (χ0n) is 11.0. The van der Waals surface area contributed by atoms with Crippen molar-refractivity contribution in [2.45, 2.75) is 25.1 Å². The van der Waals surface area contributed by atoms with E-state index in [0.717, 1.165) is 18.4 Å². The highest BCUT2D eigenvalue weighted by molar-refractivity contribution is 6.30. The van der Waals surface area contributed by atoms with E-state index in [4.69, 9.17) is 17.3 Å². The number of rotatable bonds is 7. The Morgan fingerprint density at radius 2 is 1.95 bits per heavy atom. The molecule has 104 valence electrons. The third-order valence-electron chi connectivity index (χ3n) is 2.75. The molecule has 0 aromatic heterocycles. The van der Waals surface area contributed by atoms with Gasteiger partial charge in [-0.1, -0.05) is 43.7 Å². The summed E-state index contributed by atoms with van der Waals surface area (Å²) in [5, 5.41) is -0.780. The van der Waals surface area contributed by atoms with Crippen molar-refractivity contribution in [3.8, 4) is 0 Å². The number of amides is 2. The van der Waals surface area contributed by atoms with E-state index < -0.39 is 11.3 Å². The molecule has 0 aliphatic heterocycles. The number of hydrogen-bond donors (Lipinski definition) is 1. The Bertz CT molecular complexity index is 423. The monoisotopic (exact) mass is 282 g/mol. The van der Waals surface area contributed by atoms with Gasteiger partial charge in [0.05, 0.1) is 6.54 Å². The fourth-order valence-electron chi connectivity index (χ4n) is 1.73. The van der Waals surface area contributed by atoms with Gasteiger partial charge in [0.1, 0.15) is 5.38 Å². The molecule has 2 N–H and O–H groups in total. The fraction of sp³-hybridized carbons (Fsp3) is 0.429. The summed E-state index contributed by atoms with van der Waals surface area (Å²) in [4.78, 5) is 24.7. The van der Waals surface area contributed by atoms with E-state index >= 15 is 0 Å². The molecule has 1 unspecified atom stereocenters. The van der Waals surface area contributed by atoms with Crippen molar-refractivity contribution in [2.75, 3.05) is 13.1 Å². The minimum absolute atomic E-state index is 0.0884. The van der Waals surface area contributed by atoms with Crippen LogP contribution in [0.1, 0.15) is 30.7 Å². The molecule has 4 nitrogen and oxygen atoms in total. The van der Waals surface area contributed by atoms with Crippen LogP contribution >= 0.6 is 11.6 Å². The van der Waals surface area contributed by atoms with Crippen LogP contribution in [0.4, 0.5) is 0 Å². The quantitative estimate of drug-likeness (QED) is 0.778. The second-order valence-corrected chi connectivity index (χ2v) is 4.79. The van der Waals surface area contributed by atoms with Gasteiger partial charge >= 0.3 is 0 Å². The number of carbonyl (C=O) groups is 2. The second kappa shape index (κ2) is 7.79. The molecule has 1 atom stereocenters. The summed E-state index contributed by atoms with van der Waals surface area (Å²) in [7, 11) is 0. The Hall–Kier alpha value is -1.55. The van der Waals surface area contributed by atoms with E-state index in [1.807, 2.05) is 25.1 Å². The molecular weight excluding hydrogens is 264 g/mol. The van der Waals surface area contributed by atoms with Gasteiger partial charge in [-0.05, 0) is 12.0 Å². The minimum atomic E-state index is -0.780. The summed E-state index contributed by atoms with van der Waals surface area (Å²) in [6.45, 7) is 2.42. The number of nitrogens with two attached hydrogens (primary N) is 1. The molecule has 1 rings (SSSR count). The number of benzene rings is 1. The molecule has 0 saturated heterocycles. The van der Waals surface area contributed by atoms with E-state index in [1.165, 1.54) is 4.90 Å². The number of carbonyl (C=O) groups excluding carboxylic acids is 2.